The molecule has 100 valence electrons. The number of nitriles is 1. The van der Waals surface area contributed by atoms with E-state index < -0.39 is 0 Å². The summed E-state index contributed by atoms with van der Waals surface area (Å²) in [6.07, 6.45) is 1.70. The fourth-order valence-electron chi connectivity index (χ4n) is 2.50. The molecule has 1 saturated heterocycles. The fraction of sp³-hybridized carbons (Fsp3) is 0.429. The van der Waals surface area contributed by atoms with Crippen molar-refractivity contribution in [2.75, 3.05) is 17.2 Å². The third kappa shape index (κ3) is 2.69. The van der Waals surface area contributed by atoms with Gasteiger partial charge in [-0.1, -0.05) is 13.0 Å². The Balaban J connectivity index is 2.42. The third-order valence-electron chi connectivity index (χ3n) is 3.31. The minimum absolute atomic E-state index is 0.283. The van der Waals surface area contributed by atoms with E-state index in [-0.39, 0.29) is 11.9 Å². The summed E-state index contributed by atoms with van der Waals surface area (Å²) in [5.74, 6) is 0.604. The zero-order valence-electron chi connectivity index (χ0n) is 10.9. The van der Waals surface area contributed by atoms with Crippen LogP contribution in [-0.4, -0.2) is 24.2 Å². The first-order valence-electron chi connectivity index (χ1n) is 6.41. The molecule has 0 bridgehead atoms. The second-order valence-corrected chi connectivity index (χ2v) is 5.75. The van der Waals surface area contributed by atoms with Crippen molar-refractivity contribution in [3.63, 3.8) is 0 Å². The Kier molecular flexibility index (Phi) is 4.33. The van der Waals surface area contributed by atoms with Gasteiger partial charge in [-0.15, -0.1) is 11.8 Å². The zero-order chi connectivity index (χ0) is 13.8. The van der Waals surface area contributed by atoms with Gasteiger partial charge in [0.05, 0.1) is 11.3 Å². The van der Waals surface area contributed by atoms with Gasteiger partial charge in [-0.25, -0.2) is 0 Å². The summed E-state index contributed by atoms with van der Waals surface area (Å²) in [6, 6.07) is 7.77. The van der Waals surface area contributed by atoms with Gasteiger partial charge in [-0.3, -0.25) is 4.79 Å². The molecule has 0 aliphatic carbocycles. The van der Waals surface area contributed by atoms with E-state index in [0.717, 1.165) is 35.7 Å². The number of anilines is 1. The Labute approximate surface area is 117 Å². The van der Waals surface area contributed by atoms with Crippen molar-refractivity contribution in [1.82, 2.24) is 0 Å². The number of hydrogen-bond donors (Lipinski definition) is 1. The number of nitrogens with two attached hydrogens (primary N) is 1. The quantitative estimate of drug-likeness (QED) is 0.855. The van der Waals surface area contributed by atoms with Gasteiger partial charge in [0.2, 0.25) is 5.91 Å². The second-order valence-electron chi connectivity index (χ2n) is 4.45. The molecule has 4 nitrogen and oxygen atoms in total. The van der Waals surface area contributed by atoms with E-state index in [2.05, 4.69) is 13.0 Å². The van der Waals surface area contributed by atoms with Crippen molar-refractivity contribution in [2.45, 2.75) is 30.7 Å². The lowest BCUT2D eigenvalue weighted by Crippen LogP contribution is -2.40. The molecule has 1 aliphatic rings. The lowest BCUT2D eigenvalue weighted by atomic mass is 10.1. The molecular formula is C14H17N3OS. The summed E-state index contributed by atoms with van der Waals surface area (Å²) >= 11 is 1.64. The van der Waals surface area contributed by atoms with Crippen LogP contribution in [0.25, 0.3) is 0 Å². The van der Waals surface area contributed by atoms with E-state index in [4.69, 9.17) is 5.73 Å². The van der Waals surface area contributed by atoms with Crippen LogP contribution in [0.4, 0.5) is 5.69 Å². The summed E-state index contributed by atoms with van der Waals surface area (Å²) in [5.41, 5.74) is 6.94. The van der Waals surface area contributed by atoms with Crippen LogP contribution in [0.5, 0.6) is 0 Å². The third-order valence-corrected chi connectivity index (χ3v) is 4.25. The highest BCUT2D eigenvalue weighted by Gasteiger charge is 2.30. The van der Waals surface area contributed by atoms with Gasteiger partial charge in [0.15, 0.2) is 0 Å². The molecule has 1 aliphatic heterocycles. The van der Waals surface area contributed by atoms with Crippen molar-refractivity contribution in [3.05, 3.63) is 23.8 Å². The van der Waals surface area contributed by atoms with Crippen molar-refractivity contribution in [3.8, 4) is 6.07 Å². The highest BCUT2D eigenvalue weighted by molar-refractivity contribution is 7.99. The van der Waals surface area contributed by atoms with Gasteiger partial charge in [-0.2, -0.15) is 5.26 Å². The first-order chi connectivity index (χ1) is 9.19. The average Bonchev–Trinajstić information content (AvgIpc) is 2.88. The van der Waals surface area contributed by atoms with Crippen LogP contribution in [0.1, 0.15) is 25.3 Å². The number of rotatable bonds is 4. The van der Waals surface area contributed by atoms with E-state index in [1.165, 1.54) is 0 Å². The molecule has 1 aromatic carbocycles. The summed E-state index contributed by atoms with van der Waals surface area (Å²) in [4.78, 5) is 14.4. The van der Waals surface area contributed by atoms with Crippen molar-refractivity contribution >= 4 is 23.4 Å². The van der Waals surface area contributed by atoms with Crippen LogP contribution in [0.2, 0.25) is 0 Å². The van der Waals surface area contributed by atoms with E-state index >= 15 is 0 Å². The molecule has 2 rings (SSSR count). The molecule has 0 spiro atoms. The van der Waals surface area contributed by atoms with Gasteiger partial charge in [-0.05, 0) is 30.7 Å². The zero-order valence-corrected chi connectivity index (χ0v) is 11.7. The first kappa shape index (κ1) is 13.8. The predicted molar refractivity (Wildman–Crippen MR) is 77.1 cm³/mol. The molecule has 1 heterocycles. The van der Waals surface area contributed by atoms with Gasteiger partial charge in [0.25, 0.3) is 0 Å². The van der Waals surface area contributed by atoms with Crippen molar-refractivity contribution < 1.29 is 4.79 Å². The summed E-state index contributed by atoms with van der Waals surface area (Å²) in [5, 5.41) is 9.40. The van der Waals surface area contributed by atoms with E-state index in [1.807, 2.05) is 23.1 Å². The minimum Gasteiger partial charge on any atom is -0.368 e. The largest absolute Gasteiger partial charge is 0.368 e. The van der Waals surface area contributed by atoms with Gasteiger partial charge >= 0.3 is 0 Å². The smallest absolute Gasteiger partial charge is 0.240 e. The van der Waals surface area contributed by atoms with Crippen molar-refractivity contribution in [2.24, 2.45) is 5.73 Å². The maximum absolute atomic E-state index is 11.5. The van der Waals surface area contributed by atoms with E-state index in [0.29, 0.717) is 5.56 Å². The fourth-order valence-corrected chi connectivity index (χ4v) is 3.28. The molecule has 19 heavy (non-hydrogen) atoms. The molecule has 0 saturated carbocycles. The topological polar surface area (TPSA) is 70.1 Å². The molecule has 5 heteroatoms. The van der Waals surface area contributed by atoms with Crippen LogP contribution in [0.15, 0.2) is 23.1 Å². The number of primary amides is 1. The number of carbonyl (C=O) groups is 1. The van der Waals surface area contributed by atoms with Crippen LogP contribution in [0, 0.1) is 11.3 Å². The van der Waals surface area contributed by atoms with Gasteiger partial charge < -0.3 is 10.6 Å². The summed E-state index contributed by atoms with van der Waals surface area (Å²) in [7, 11) is 0. The van der Waals surface area contributed by atoms with Crippen LogP contribution in [-0.2, 0) is 4.79 Å². The molecule has 0 radical (unpaired) electrons. The Bertz CT molecular complexity index is 524. The normalized spacial score (nSPS) is 18.3. The SMILES string of the molecule is CCSc1cccc(N2CCCC2C(N)=O)c1C#N. The molecule has 1 aromatic rings. The molecule has 0 aromatic heterocycles. The lowest BCUT2D eigenvalue weighted by Gasteiger charge is -2.26. The molecule has 2 N–H and O–H groups in total. The molecule has 1 atom stereocenters. The van der Waals surface area contributed by atoms with E-state index in [1.54, 1.807) is 11.8 Å². The molecule has 1 fully saturated rings. The molecule has 1 amide bonds. The maximum Gasteiger partial charge on any atom is 0.240 e. The Morgan fingerprint density at radius 2 is 2.42 bits per heavy atom. The number of amides is 1. The van der Waals surface area contributed by atoms with Crippen LogP contribution in [0.3, 0.4) is 0 Å². The van der Waals surface area contributed by atoms with Gasteiger partial charge in [0, 0.05) is 11.4 Å². The van der Waals surface area contributed by atoms with E-state index in [9.17, 15) is 10.1 Å². The number of nitrogens with zero attached hydrogens (tertiary/aromatic N) is 2. The summed E-state index contributed by atoms with van der Waals surface area (Å²) in [6.45, 7) is 2.84. The molecule has 1 unspecified atom stereocenters. The maximum atomic E-state index is 11.5. The number of thioether (sulfide) groups is 1. The predicted octanol–water partition coefficient (Wildman–Crippen LogP) is 2.12. The summed E-state index contributed by atoms with van der Waals surface area (Å²) < 4.78 is 0. The highest BCUT2D eigenvalue weighted by atomic mass is 32.2. The monoisotopic (exact) mass is 275 g/mol. The number of carbonyl (C=O) groups excluding carboxylic acids is 1. The first-order valence-corrected chi connectivity index (χ1v) is 7.39. The number of hydrogen-bond acceptors (Lipinski definition) is 4. The van der Waals surface area contributed by atoms with Crippen LogP contribution >= 0.6 is 11.8 Å². The second kappa shape index (κ2) is 5.98. The average molecular weight is 275 g/mol. The molecular weight excluding hydrogens is 258 g/mol. The van der Waals surface area contributed by atoms with Crippen molar-refractivity contribution in [1.29, 1.82) is 5.26 Å². The number of benzene rings is 1. The standard InChI is InChI=1S/C14H17N3OS/c1-2-19-13-7-3-5-11(10(13)9-15)17-8-4-6-12(17)14(16)18/h3,5,7,12H,2,4,6,8H2,1H3,(H2,16,18). The van der Waals surface area contributed by atoms with Gasteiger partial charge in [0.1, 0.15) is 12.1 Å². The van der Waals surface area contributed by atoms with Crippen LogP contribution < -0.4 is 10.6 Å². The highest BCUT2D eigenvalue weighted by Crippen LogP contribution is 2.33. The Morgan fingerprint density at radius 1 is 1.63 bits per heavy atom. The lowest BCUT2D eigenvalue weighted by molar-refractivity contribution is -0.119. The minimum atomic E-state index is -0.310. The Hall–Kier alpha value is -1.67. The Morgan fingerprint density at radius 3 is 3.05 bits per heavy atom.